The highest BCUT2D eigenvalue weighted by Crippen LogP contribution is 2.36. The molecule has 1 atom stereocenters. The number of fused-ring (bicyclic) bond motifs is 3. The van der Waals surface area contributed by atoms with E-state index in [1.807, 2.05) is 0 Å². The largest absolute Gasteiger partial charge is 0.468 e. The molecule has 0 aliphatic carbocycles. The number of amides is 1. The Balaban J connectivity index is 2.05. The maximum Gasteiger partial charge on any atom is 0.411 e. The molecule has 1 heterocycles. The van der Waals surface area contributed by atoms with Crippen LogP contribution >= 0.6 is 15.9 Å². The molecule has 0 saturated carbocycles. The van der Waals surface area contributed by atoms with Crippen molar-refractivity contribution in [3.63, 3.8) is 0 Å². The van der Waals surface area contributed by atoms with Crippen LogP contribution in [-0.4, -0.2) is 40.7 Å². The molecular formula is C20H21BrN2O7S. The van der Waals surface area contributed by atoms with Gasteiger partial charge in [-0.15, -0.1) is 0 Å². The Morgan fingerprint density at radius 3 is 2.32 bits per heavy atom. The van der Waals surface area contributed by atoms with Crippen LogP contribution in [0, 0.1) is 5.92 Å². The highest BCUT2D eigenvalue weighted by Gasteiger charge is 2.29. The summed E-state index contributed by atoms with van der Waals surface area (Å²) in [7, 11) is -1.55. The van der Waals surface area contributed by atoms with E-state index in [4.69, 9.17) is 9.15 Å². The summed E-state index contributed by atoms with van der Waals surface area (Å²) in [5.74, 6) is -0.972. The van der Waals surface area contributed by atoms with Gasteiger partial charge < -0.3 is 13.9 Å². The van der Waals surface area contributed by atoms with E-state index in [2.05, 4.69) is 30.7 Å². The molecule has 0 bridgehead atoms. The Bertz CT molecular complexity index is 1270. The zero-order valence-corrected chi connectivity index (χ0v) is 19.6. The molecule has 0 unspecified atom stereocenters. The lowest BCUT2D eigenvalue weighted by molar-refractivity contribution is -0.143. The summed E-state index contributed by atoms with van der Waals surface area (Å²) in [5.41, 5.74) is 1.34. The number of anilines is 1. The highest BCUT2D eigenvalue weighted by molar-refractivity contribution is 9.10. The van der Waals surface area contributed by atoms with Crippen LogP contribution in [0.2, 0.25) is 0 Å². The second kappa shape index (κ2) is 8.85. The highest BCUT2D eigenvalue weighted by atomic mass is 79.9. The first kappa shape index (κ1) is 23.0. The number of ether oxygens (including phenoxy) is 2. The standard InChI is InChI=1S/C20H21BrN2O7S/c1-10(2)18(19(24)28-3)23-31(26,27)11-5-6-16-12(7-11)13-8-14(21)15(9-17(13)30-16)22-20(25)29-4/h5-10,18,23H,1-4H3,(H,22,25)/t18-/m1/s1. The number of sulfonamides is 1. The molecule has 2 N–H and O–H groups in total. The average molecular weight is 513 g/mol. The number of carbonyl (C=O) groups excluding carboxylic acids is 2. The Hall–Kier alpha value is -2.63. The van der Waals surface area contributed by atoms with E-state index < -0.39 is 28.1 Å². The van der Waals surface area contributed by atoms with Gasteiger partial charge in [-0.25, -0.2) is 13.2 Å². The SMILES string of the molecule is COC(=O)Nc1cc2oc3ccc(S(=O)(=O)N[C@@H](C(=O)OC)C(C)C)cc3c2cc1Br. The van der Waals surface area contributed by atoms with Crippen molar-refractivity contribution in [2.24, 2.45) is 5.92 Å². The van der Waals surface area contributed by atoms with Crippen molar-refractivity contribution in [1.29, 1.82) is 0 Å². The lowest BCUT2D eigenvalue weighted by Crippen LogP contribution is -2.44. The van der Waals surface area contributed by atoms with Crippen LogP contribution in [-0.2, 0) is 24.3 Å². The molecule has 9 nitrogen and oxygen atoms in total. The topological polar surface area (TPSA) is 124 Å². The smallest absolute Gasteiger partial charge is 0.411 e. The van der Waals surface area contributed by atoms with Crippen molar-refractivity contribution < 1.29 is 31.9 Å². The molecule has 166 valence electrons. The van der Waals surface area contributed by atoms with Crippen molar-refractivity contribution in [3.8, 4) is 0 Å². The number of methoxy groups -OCH3 is 2. The zero-order chi connectivity index (χ0) is 22.9. The maximum absolute atomic E-state index is 12.9. The quantitative estimate of drug-likeness (QED) is 0.478. The molecule has 0 aliphatic rings. The van der Waals surface area contributed by atoms with Gasteiger partial charge in [0.1, 0.15) is 17.2 Å². The summed E-state index contributed by atoms with van der Waals surface area (Å²) in [6, 6.07) is 6.69. The first-order valence-electron chi connectivity index (χ1n) is 9.18. The number of rotatable bonds is 6. The van der Waals surface area contributed by atoms with Gasteiger partial charge in [0.15, 0.2) is 0 Å². The number of hydrogen-bond acceptors (Lipinski definition) is 7. The molecule has 0 aliphatic heterocycles. The van der Waals surface area contributed by atoms with Crippen molar-refractivity contribution in [2.45, 2.75) is 24.8 Å². The molecule has 31 heavy (non-hydrogen) atoms. The first-order valence-corrected chi connectivity index (χ1v) is 11.5. The van der Waals surface area contributed by atoms with Gasteiger partial charge in [0.05, 0.1) is 24.8 Å². The minimum atomic E-state index is -4.01. The van der Waals surface area contributed by atoms with E-state index in [1.165, 1.54) is 32.4 Å². The summed E-state index contributed by atoms with van der Waals surface area (Å²) < 4.78 is 43.9. The third kappa shape index (κ3) is 4.68. The van der Waals surface area contributed by atoms with Crippen molar-refractivity contribution >= 4 is 65.6 Å². The normalized spacial score (nSPS) is 12.8. The van der Waals surface area contributed by atoms with Crippen molar-refractivity contribution in [2.75, 3.05) is 19.5 Å². The van der Waals surface area contributed by atoms with Crippen LogP contribution in [0.15, 0.2) is 44.1 Å². The second-order valence-electron chi connectivity index (χ2n) is 7.07. The van der Waals surface area contributed by atoms with Crippen LogP contribution < -0.4 is 10.0 Å². The number of hydrogen-bond donors (Lipinski definition) is 2. The molecule has 3 rings (SSSR count). The Labute approximate surface area is 187 Å². The predicted octanol–water partition coefficient (Wildman–Crippen LogP) is 4.00. The summed E-state index contributed by atoms with van der Waals surface area (Å²) in [5, 5.41) is 3.76. The molecule has 2 aromatic carbocycles. The average Bonchev–Trinajstić information content (AvgIpc) is 3.08. The molecular weight excluding hydrogens is 492 g/mol. The summed E-state index contributed by atoms with van der Waals surface area (Å²) in [4.78, 5) is 23.5. The van der Waals surface area contributed by atoms with E-state index in [0.717, 1.165) is 0 Å². The van der Waals surface area contributed by atoms with E-state index in [1.54, 1.807) is 26.0 Å². The molecule has 1 amide bonds. The Morgan fingerprint density at radius 1 is 1.03 bits per heavy atom. The monoisotopic (exact) mass is 512 g/mol. The summed E-state index contributed by atoms with van der Waals surface area (Å²) in [6.45, 7) is 3.43. The molecule has 1 aromatic heterocycles. The van der Waals surface area contributed by atoms with E-state index >= 15 is 0 Å². The van der Waals surface area contributed by atoms with E-state index in [-0.39, 0.29) is 10.8 Å². The second-order valence-corrected chi connectivity index (χ2v) is 9.64. The number of nitrogens with one attached hydrogen (secondary N) is 2. The fourth-order valence-electron chi connectivity index (χ4n) is 3.02. The van der Waals surface area contributed by atoms with Crippen molar-refractivity contribution in [1.82, 2.24) is 4.72 Å². The Morgan fingerprint density at radius 2 is 1.71 bits per heavy atom. The van der Waals surface area contributed by atoms with Gasteiger partial charge in [0.2, 0.25) is 10.0 Å². The fraction of sp³-hybridized carbons (Fsp3) is 0.300. The first-order chi connectivity index (χ1) is 14.6. The van der Waals surface area contributed by atoms with Gasteiger partial charge in [0, 0.05) is 21.3 Å². The molecule has 3 aromatic rings. The van der Waals surface area contributed by atoms with Crippen LogP contribution in [0.3, 0.4) is 0 Å². The molecule has 0 saturated heterocycles. The lowest BCUT2D eigenvalue weighted by Gasteiger charge is -2.19. The van der Waals surface area contributed by atoms with Crippen LogP contribution in [0.1, 0.15) is 13.8 Å². The van der Waals surface area contributed by atoms with E-state index in [9.17, 15) is 18.0 Å². The minimum Gasteiger partial charge on any atom is -0.468 e. The maximum atomic E-state index is 12.9. The van der Waals surface area contributed by atoms with Gasteiger partial charge >= 0.3 is 12.1 Å². The van der Waals surface area contributed by atoms with Gasteiger partial charge in [-0.05, 0) is 46.1 Å². The lowest BCUT2D eigenvalue weighted by atomic mass is 10.1. The number of benzene rings is 2. The number of esters is 1. The number of carbonyl (C=O) groups is 2. The van der Waals surface area contributed by atoms with E-state index in [0.29, 0.717) is 32.1 Å². The van der Waals surface area contributed by atoms with Crippen LogP contribution in [0.5, 0.6) is 0 Å². The van der Waals surface area contributed by atoms with Crippen molar-refractivity contribution in [3.05, 3.63) is 34.8 Å². The third-order valence-electron chi connectivity index (χ3n) is 4.67. The molecule has 11 heteroatoms. The molecule has 0 radical (unpaired) electrons. The summed E-state index contributed by atoms with van der Waals surface area (Å²) in [6.07, 6.45) is -0.638. The Kier molecular flexibility index (Phi) is 6.58. The van der Waals surface area contributed by atoms with Gasteiger partial charge in [0.25, 0.3) is 0 Å². The molecule has 0 fully saturated rings. The van der Waals surface area contributed by atoms with Gasteiger partial charge in [-0.2, -0.15) is 4.72 Å². The van der Waals surface area contributed by atoms with Crippen LogP contribution in [0.4, 0.5) is 10.5 Å². The zero-order valence-electron chi connectivity index (χ0n) is 17.2. The minimum absolute atomic E-state index is 0.0230. The number of furan rings is 1. The van der Waals surface area contributed by atoms with Crippen LogP contribution in [0.25, 0.3) is 21.9 Å². The predicted molar refractivity (Wildman–Crippen MR) is 118 cm³/mol. The van der Waals surface area contributed by atoms with Gasteiger partial charge in [-0.3, -0.25) is 10.1 Å². The molecule has 0 spiro atoms. The third-order valence-corrected chi connectivity index (χ3v) is 6.76. The number of halogens is 1. The van der Waals surface area contributed by atoms with Gasteiger partial charge in [-0.1, -0.05) is 13.8 Å². The summed E-state index contributed by atoms with van der Waals surface area (Å²) >= 11 is 3.38. The fourth-order valence-corrected chi connectivity index (χ4v) is 4.82.